The summed E-state index contributed by atoms with van der Waals surface area (Å²) in [4.78, 5) is 10.2. The number of guanidine groups is 1. The van der Waals surface area contributed by atoms with E-state index in [0.29, 0.717) is 18.0 Å². The SMILES string of the molecule is CCNC(=NCC1CCCN(C)C1c1cccc(Cl)c1)NC1CC2CCCC(C1)N2C.I. The first kappa shape index (κ1) is 26.0. The number of hydrogen-bond donors (Lipinski definition) is 2. The largest absolute Gasteiger partial charge is 0.357 e. The van der Waals surface area contributed by atoms with E-state index >= 15 is 0 Å². The van der Waals surface area contributed by atoms with Crippen LogP contribution in [0.15, 0.2) is 29.3 Å². The Labute approximate surface area is 216 Å². The molecule has 0 spiro atoms. The van der Waals surface area contributed by atoms with Crippen LogP contribution in [-0.2, 0) is 0 Å². The topological polar surface area (TPSA) is 42.9 Å². The Balaban J connectivity index is 0.00000289. The summed E-state index contributed by atoms with van der Waals surface area (Å²) in [5, 5.41) is 8.13. The zero-order chi connectivity index (χ0) is 21.8. The molecule has 180 valence electrons. The Bertz CT molecular complexity index is 746. The number of hydrogen-bond acceptors (Lipinski definition) is 3. The summed E-state index contributed by atoms with van der Waals surface area (Å²) in [5.41, 5.74) is 1.32. The third-order valence-corrected chi connectivity index (χ3v) is 7.94. The third-order valence-electron chi connectivity index (χ3n) is 7.71. The molecular weight excluding hydrogens is 533 g/mol. The normalized spacial score (nSPS) is 31.6. The van der Waals surface area contributed by atoms with E-state index in [-0.39, 0.29) is 24.0 Å². The number of halogens is 2. The first-order chi connectivity index (χ1) is 15.0. The molecule has 4 atom stereocenters. The molecular formula is C25H41ClIN5. The minimum Gasteiger partial charge on any atom is -0.357 e. The third kappa shape index (κ3) is 6.30. The Morgan fingerprint density at radius 2 is 1.88 bits per heavy atom. The van der Waals surface area contributed by atoms with Crippen LogP contribution in [-0.4, -0.2) is 67.6 Å². The molecule has 0 saturated carbocycles. The van der Waals surface area contributed by atoms with Gasteiger partial charge in [0.1, 0.15) is 0 Å². The standard InChI is InChI=1S/C25H40ClN5.HI/c1-4-27-25(29-21-15-22-11-6-12-23(16-21)31(22)3)28-17-19-9-7-13-30(2)24(19)18-8-5-10-20(26)14-18;/h5,8,10,14,19,21-24H,4,6-7,9,11-13,15-17H2,1-3H3,(H2,27,28,29);1H. The summed E-state index contributed by atoms with van der Waals surface area (Å²) in [6.45, 7) is 5.03. The van der Waals surface area contributed by atoms with E-state index in [1.807, 2.05) is 6.07 Å². The fourth-order valence-electron chi connectivity index (χ4n) is 6.12. The van der Waals surface area contributed by atoms with Crippen molar-refractivity contribution in [2.24, 2.45) is 10.9 Å². The molecule has 3 saturated heterocycles. The van der Waals surface area contributed by atoms with Gasteiger partial charge in [0.2, 0.25) is 0 Å². The molecule has 5 nitrogen and oxygen atoms in total. The van der Waals surface area contributed by atoms with Crippen LogP contribution >= 0.6 is 35.6 Å². The second-order valence-corrected chi connectivity index (χ2v) is 10.3. The molecule has 3 heterocycles. The number of likely N-dealkylation sites (tertiary alicyclic amines) is 1. The van der Waals surface area contributed by atoms with Crippen molar-refractivity contribution >= 4 is 41.5 Å². The number of aliphatic imine (C=N–C) groups is 1. The number of benzene rings is 1. The highest BCUT2D eigenvalue weighted by Crippen LogP contribution is 2.36. The van der Waals surface area contributed by atoms with Gasteiger partial charge < -0.3 is 15.5 Å². The highest BCUT2D eigenvalue weighted by atomic mass is 127. The van der Waals surface area contributed by atoms with Crippen LogP contribution in [0.4, 0.5) is 0 Å². The van der Waals surface area contributed by atoms with Crippen molar-refractivity contribution in [1.82, 2.24) is 20.4 Å². The molecule has 2 bridgehead atoms. The molecule has 0 amide bonds. The molecule has 3 aliphatic heterocycles. The zero-order valence-corrected chi connectivity index (χ0v) is 23.0. The van der Waals surface area contributed by atoms with Gasteiger partial charge in [0.05, 0.1) is 0 Å². The lowest BCUT2D eigenvalue weighted by Crippen LogP contribution is -2.56. The number of rotatable bonds is 5. The Hall–Kier alpha value is -0.570. The molecule has 3 aliphatic rings. The molecule has 0 radical (unpaired) electrons. The van der Waals surface area contributed by atoms with E-state index in [4.69, 9.17) is 16.6 Å². The van der Waals surface area contributed by atoms with E-state index in [2.05, 4.69) is 59.7 Å². The first-order valence-electron chi connectivity index (χ1n) is 12.3. The van der Waals surface area contributed by atoms with Gasteiger partial charge >= 0.3 is 0 Å². The first-order valence-corrected chi connectivity index (χ1v) is 12.7. The molecule has 1 aromatic carbocycles. The molecule has 32 heavy (non-hydrogen) atoms. The number of fused-ring (bicyclic) bond motifs is 2. The van der Waals surface area contributed by atoms with Crippen LogP contribution in [0.3, 0.4) is 0 Å². The number of nitrogens with one attached hydrogen (secondary N) is 2. The van der Waals surface area contributed by atoms with Gasteiger partial charge in [0.15, 0.2) is 5.96 Å². The van der Waals surface area contributed by atoms with Crippen molar-refractivity contribution in [1.29, 1.82) is 0 Å². The maximum atomic E-state index is 6.32. The van der Waals surface area contributed by atoms with Crippen LogP contribution < -0.4 is 10.6 Å². The van der Waals surface area contributed by atoms with Gasteiger partial charge in [-0.05, 0) is 89.7 Å². The molecule has 7 heteroatoms. The zero-order valence-electron chi connectivity index (χ0n) is 19.9. The second kappa shape index (κ2) is 12.2. The summed E-state index contributed by atoms with van der Waals surface area (Å²) < 4.78 is 0. The van der Waals surface area contributed by atoms with Gasteiger partial charge in [-0.1, -0.05) is 30.2 Å². The molecule has 0 aromatic heterocycles. The Kier molecular flexibility index (Phi) is 9.95. The van der Waals surface area contributed by atoms with Crippen LogP contribution in [0.25, 0.3) is 0 Å². The molecule has 1 aromatic rings. The predicted molar refractivity (Wildman–Crippen MR) is 146 cm³/mol. The van der Waals surface area contributed by atoms with Crippen molar-refractivity contribution in [3.63, 3.8) is 0 Å². The van der Waals surface area contributed by atoms with Gasteiger partial charge in [-0.15, -0.1) is 24.0 Å². The summed E-state index contributed by atoms with van der Waals surface area (Å²) >= 11 is 6.32. The van der Waals surface area contributed by atoms with Gasteiger partial charge in [0, 0.05) is 42.3 Å². The summed E-state index contributed by atoms with van der Waals surface area (Å²) in [6.07, 6.45) is 8.98. The van der Waals surface area contributed by atoms with Crippen molar-refractivity contribution in [3.8, 4) is 0 Å². The van der Waals surface area contributed by atoms with Crippen LogP contribution in [0.1, 0.15) is 63.5 Å². The van der Waals surface area contributed by atoms with E-state index < -0.39 is 0 Å². The van der Waals surface area contributed by atoms with Crippen molar-refractivity contribution in [3.05, 3.63) is 34.9 Å². The minimum absolute atomic E-state index is 0. The highest BCUT2D eigenvalue weighted by Gasteiger charge is 2.36. The second-order valence-electron chi connectivity index (χ2n) is 9.82. The van der Waals surface area contributed by atoms with E-state index in [9.17, 15) is 0 Å². The van der Waals surface area contributed by atoms with Gasteiger partial charge in [-0.3, -0.25) is 9.89 Å². The fraction of sp³-hybridized carbons (Fsp3) is 0.720. The van der Waals surface area contributed by atoms with Gasteiger partial charge in [-0.25, -0.2) is 0 Å². The summed E-state index contributed by atoms with van der Waals surface area (Å²) in [6, 6.07) is 10.7. The predicted octanol–water partition coefficient (Wildman–Crippen LogP) is 4.91. The lowest BCUT2D eigenvalue weighted by Gasteiger charge is -2.47. The minimum atomic E-state index is 0. The molecule has 0 aliphatic carbocycles. The number of nitrogens with zero attached hydrogens (tertiary/aromatic N) is 3. The van der Waals surface area contributed by atoms with Gasteiger partial charge in [-0.2, -0.15) is 0 Å². The van der Waals surface area contributed by atoms with Gasteiger partial charge in [0.25, 0.3) is 0 Å². The Morgan fingerprint density at radius 1 is 1.12 bits per heavy atom. The molecule has 3 fully saturated rings. The summed E-state index contributed by atoms with van der Waals surface area (Å²) in [7, 11) is 4.56. The highest BCUT2D eigenvalue weighted by molar-refractivity contribution is 14.0. The Morgan fingerprint density at radius 3 is 2.56 bits per heavy atom. The van der Waals surface area contributed by atoms with E-state index in [1.165, 1.54) is 50.5 Å². The average Bonchev–Trinajstić information content (AvgIpc) is 2.73. The quantitative estimate of drug-likeness (QED) is 0.298. The molecule has 2 N–H and O–H groups in total. The maximum Gasteiger partial charge on any atom is 0.191 e. The van der Waals surface area contributed by atoms with Crippen LogP contribution in [0, 0.1) is 5.92 Å². The number of piperidine rings is 3. The van der Waals surface area contributed by atoms with Crippen molar-refractivity contribution in [2.45, 2.75) is 76.0 Å². The maximum absolute atomic E-state index is 6.32. The van der Waals surface area contributed by atoms with Crippen LogP contribution in [0.5, 0.6) is 0 Å². The molecule has 4 rings (SSSR count). The van der Waals surface area contributed by atoms with Crippen LogP contribution in [0.2, 0.25) is 5.02 Å². The lowest BCUT2D eigenvalue weighted by atomic mass is 9.82. The monoisotopic (exact) mass is 573 g/mol. The average molecular weight is 574 g/mol. The van der Waals surface area contributed by atoms with Crippen molar-refractivity contribution < 1.29 is 0 Å². The fourth-order valence-corrected chi connectivity index (χ4v) is 6.32. The lowest BCUT2D eigenvalue weighted by molar-refractivity contribution is 0.0526. The van der Waals surface area contributed by atoms with E-state index in [1.54, 1.807) is 0 Å². The smallest absolute Gasteiger partial charge is 0.191 e. The van der Waals surface area contributed by atoms with Crippen molar-refractivity contribution in [2.75, 3.05) is 33.7 Å². The molecule has 4 unspecified atom stereocenters. The van der Waals surface area contributed by atoms with E-state index in [0.717, 1.165) is 42.7 Å². The summed E-state index contributed by atoms with van der Waals surface area (Å²) in [5.74, 6) is 1.50.